The van der Waals surface area contributed by atoms with E-state index in [-0.39, 0.29) is 5.92 Å². The number of hydrogen-bond acceptors (Lipinski definition) is 4. The molecule has 0 amide bonds. The summed E-state index contributed by atoms with van der Waals surface area (Å²) in [5.74, 6) is 2.25. The number of hydrogen-bond donors (Lipinski definition) is 1. The van der Waals surface area contributed by atoms with Crippen LogP contribution in [0.1, 0.15) is 46.9 Å². The van der Waals surface area contributed by atoms with Crippen LogP contribution < -0.4 is 5.73 Å². The lowest BCUT2D eigenvalue weighted by Crippen LogP contribution is -2.04. The van der Waals surface area contributed by atoms with E-state index in [1.807, 2.05) is 50.2 Å². The minimum absolute atomic E-state index is 0.203. The van der Waals surface area contributed by atoms with Crippen molar-refractivity contribution in [3.8, 4) is 0 Å². The number of nitrogens with zero attached hydrogens (tertiary/aromatic N) is 1. The Labute approximate surface area is 152 Å². The molecule has 0 saturated carbocycles. The third kappa shape index (κ3) is 2.68. The van der Waals surface area contributed by atoms with Gasteiger partial charge in [0.05, 0.1) is 11.1 Å². The molecule has 4 heteroatoms. The van der Waals surface area contributed by atoms with Crippen LogP contribution in [0.4, 0.5) is 5.69 Å². The molecule has 0 radical (unpaired) electrons. The van der Waals surface area contributed by atoms with E-state index in [2.05, 4.69) is 24.0 Å². The summed E-state index contributed by atoms with van der Waals surface area (Å²) in [6, 6.07) is 16.2. The smallest absolute Gasteiger partial charge is 0.228 e. The quantitative estimate of drug-likeness (QED) is 0.540. The van der Waals surface area contributed by atoms with Gasteiger partial charge in [0.25, 0.3) is 0 Å². The Morgan fingerprint density at radius 1 is 1.04 bits per heavy atom. The third-order valence-corrected chi connectivity index (χ3v) is 4.76. The van der Waals surface area contributed by atoms with Gasteiger partial charge in [-0.1, -0.05) is 37.3 Å². The molecular weight excluding hydrogens is 324 g/mol. The first-order valence-electron chi connectivity index (χ1n) is 8.88. The van der Waals surface area contributed by atoms with Gasteiger partial charge in [0.15, 0.2) is 0 Å². The maximum absolute atomic E-state index is 6.53. The summed E-state index contributed by atoms with van der Waals surface area (Å²) in [6.45, 7) is 6.07. The molecule has 4 nitrogen and oxygen atoms in total. The maximum atomic E-state index is 6.53. The highest BCUT2D eigenvalue weighted by Gasteiger charge is 2.28. The monoisotopic (exact) mass is 346 g/mol. The zero-order valence-corrected chi connectivity index (χ0v) is 15.2. The third-order valence-electron chi connectivity index (χ3n) is 4.76. The Bertz CT molecular complexity index is 1060. The van der Waals surface area contributed by atoms with Crippen LogP contribution in [-0.2, 0) is 6.42 Å². The molecule has 0 bridgehead atoms. The summed E-state index contributed by atoms with van der Waals surface area (Å²) in [6.07, 6.45) is 0.844. The van der Waals surface area contributed by atoms with Crippen LogP contribution >= 0.6 is 0 Å². The minimum Gasteiger partial charge on any atom is -0.465 e. The lowest BCUT2D eigenvalue weighted by atomic mass is 9.92. The first-order chi connectivity index (χ1) is 12.6. The summed E-state index contributed by atoms with van der Waals surface area (Å²) in [4.78, 5) is 4.53. The van der Waals surface area contributed by atoms with Crippen molar-refractivity contribution in [3.05, 3.63) is 82.6 Å². The van der Waals surface area contributed by atoms with Crippen molar-refractivity contribution in [2.45, 2.75) is 33.1 Å². The number of nitrogen functional groups attached to an aromatic ring is 1. The SMILES string of the molecule is CCc1ccc(C(c2ccccc2)c2oc3nc(C)cc(C)c3c2N)o1. The Hall–Kier alpha value is -3.01. The lowest BCUT2D eigenvalue weighted by molar-refractivity contribution is 0.438. The molecule has 1 aromatic carbocycles. The van der Waals surface area contributed by atoms with Crippen LogP contribution in [0.2, 0.25) is 0 Å². The fraction of sp³-hybridized carbons (Fsp3) is 0.227. The first-order valence-corrected chi connectivity index (χ1v) is 8.88. The number of furan rings is 2. The van der Waals surface area contributed by atoms with E-state index in [9.17, 15) is 0 Å². The number of pyridine rings is 1. The molecule has 132 valence electrons. The topological polar surface area (TPSA) is 65.2 Å². The Morgan fingerprint density at radius 3 is 2.50 bits per heavy atom. The molecule has 0 aliphatic rings. The molecule has 0 spiro atoms. The summed E-state index contributed by atoms with van der Waals surface area (Å²) >= 11 is 0. The highest BCUT2D eigenvalue weighted by Crippen LogP contribution is 2.41. The number of aromatic nitrogens is 1. The van der Waals surface area contributed by atoms with Crippen LogP contribution in [0.15, 0.2) is 57.4 Å². The van der Waals surface area contributed by atoms with E-state index in [4.69, 9.17) is 14.6 Å². The number of anilines is 1. The molecule has 3 heterocycles. The summed E-state index contributed by atoms with van der Waals surface area (Å²) in [5.41, 5.74) is 10.8. The van der Waals surface area contributed by atoms with E-state index in [1.165, 1.54) is 0 Å². The van der Waals surface area contributed by atoms with E-state index in [0.717, 1.165) is 40.1 Å². The Balaban J connectivity index is 1.96. The Morgan fingerprint density at radius 2 is 1.81 bits per heavy atom. The molecule has 3 aromatic heterocycles. The standard InChI is InChI=1S/C22H22N2O2/c1-4-16-10-11-17(25-16)19(15-8-6-5-7-9-15)21-20(23)18-13(2)12-14(3)24-22(18)26-21/h5-12,19H,4,23H2,1-3H3. The van der Waals surface area contributed by atoms with Crippen LogP contribution in [-0.4, -0.2) is 4.98 Å². The van der Waals surface area contributed by atoms with Gasteiger partial charge in [-0.2, -0.15) is 0 Å². The maximum Gasteiger partial charge on any atom is 0.228 e. The molecule has 0 saturated heterocycles. The van der Waals surface area contributed by atoms with Crippen LogP contribution in [0.25, 0.3) is 11.1 Å². The second-order valence-electron chi connectivity index (χ2n) is 6.64. The van der Waals surface area contributed by atoms with Crippen molar-refractivity contribution >= 4 is 16.8 Å². The highest BCUT2D eigenvalue weighted by molar-refractivity contribution is 5.92. The van der Waals surface area contributed by atoms with Crippen molar-refractivity contribution in [1.82, 2.24) is 4.98 Å². The predicted molar refractivity (Wildman–Crippen MR) is 103 cm³/mol. The normalized spacial score (nSPS) is 12.6. The average molecular weight is 346 g/mol. The van der Waals surface area contributed by atoms with Gasteiger partial charge in [-0.05, 0) is 43.2 Å². The number of rotatable bonds is 4. The van der Waals surface area contributed by atoms with E-state index in [0.29, 0.717) is 17.2 Å². The van der Waals surface area contributed by atoms with Gasteiger partial charge in [-0.15, -0.1) is 0 Å². The number of nitrogens with two attached hydrogens (primary N) is 1. The number of fused-ring (bicyclic) bond motifs is 1. The van der Waals surface area contributed by atoms with Crippen molar-refractivity contribution < 1.29 is 8.83 Å². The molecule has 1 atom stereocenters. The molecule has 0 aliphatic heterocycles. The van der Waals surface area contributed by atoms with Gasteiger partial charge in [0.1, 0.15) is 23.2 Å². The average Bonchev–Trinajstić information content (AvgIpc) is 3.22. The minimum atomic E-state index is -0.203. The molecule has 0 aliphatic carbocycles. The zero-order valence-electron chi connectivity index (χ0n) is 15.2. The second kappa shape index (κ2) is 6.37. The van der Waals surface area contributed by atoms with E-state index >= 15 is 0 Å². The molecular formula is C22H22N2O2. The predicted octanol–water partition coefficient (Wildman–Crippen LogP) is 5.36. The van der Waals surface area contributed by atoms with Crippen molar-refractivity contribution in [1.29, 1.82) is 0 Å². The molecule has 4 aromatic rings. The molecule has 2 N–H and O–H groups in total. The van der Waals surface area contributed by atoms with Crippen molar-refractivity contribution in [2.75, 3.05) is 5.73 Å². The molecule has 26 heavy (non-hydrogen) atoms. The van der Waals surface area contributed by atoms with E-state index < -0.39 is 0 Å². The van der Waals surface area contributed by atoms with Gasteiger partial charge in [0, 0.05) is 12.1 Å². The van der Waals surface area contributed by atoms with Crippen LogP contribution in [0.3, 0.4) is 0 Å². The van der Waals surface area contributed by atoms with Crippen LogP contribution in [0, 0.1) is 13.8 Å². The highest BCUT2D eigenvalue weighted by atomic mass is 16.4. The second-order valence-corrected chi connectivity index (χ2v) is 6.64. The van der Waals surface area contributed by atoms with Gasteiger partial charge in [-0.25, -0.2) is 4.98 Å². The van der Waals surface area contributed by atoms with Crippen molar-refractivity contribution in [3.63, 3.8) is 0 Å². The Kier molecular flexibility index (Phi) is 4.03. The van der Waals surface area contributed by atoms with Gasteiger partial charge >= 0.3 is 0 Å². The summed E-state index contributed by atoms with van der Waals surface area (Å²) < 4.78 is 12.3. The fourth-order valence-electron chi connectivity index (χ4n) is 3.53. The largest absolute Gasteiger partial charge is 0.465 e. The summed E-state index contributed by atoms with van der Waals surface area (Å²) in [5, 5.41) is 0.883. The fourth-order valence-corrected chi connectivity index (χ4v) is 3.53. The molecule has 4 rings (SSSR count). The van der Waals surface area contributed by atoms with Gasteiger partial charge in [0.2, 0.25) is 5.71 Å². The summed E-state index contributed by atoms with van der Waals surface area (Å²) in [7, 11) is 0. The lowest BCUT2D eigenvalue weighted by Gasteiger charge is -2.13. The van der Waals surface area contributed by atoms with Gasteiger partial charge in [-0.3, -0.25) is 0 Å². The van der Waals surface area contributed by atoms with Crippen LogP contribution in [0.5, 0.6) is 0 Å². The molecule has 0 fully saturated rings. The zero-order chi connectivity index (χ0) is 18.3. The van der Waals surface area contributed by atoms with Gasteiger partial charge < -0.3 is 14.6 Å². The molecule has 1 unspecified atom stereocenters. The number of aryl methyl sites for hydroxylation is 3. The first kappa shape index (κ1) is 16.5. The van der Waals surface area contributed by atoms with E-state index in [1.54, 1.807) is 0 Å². The van der Waals surface area contributed by atoms with Crippen molar-refractivity contribution in [2.24, 2.45) is 0 Å². The number of benzene rings is 1.